The molecule has 2 heteroatoms. The van der Waals surface area contributed by atoms with Crippen LogP contribution in [0.4, 0.5) is 5.69 Å². The normalized spacial score (nSPS) is 10.7. The molecule has 0 fully saturated rings. The molecule has 0 unspecified atom stereocenters. The molecule has 0 spiro atoms. The Morgan fingerprint density at radius 2 is 1.61 bits per heavy atom. The van der Waals surface area contributed by atoms with Crippen molar-refractivity contribution in [2.45, 2.75) is 6.92 Å². The van der Waals surface area contributed by atoms with E-state index in [0.717, 1.165) is 33.3 Å². The molecule has 0 amide bonds. The predicted octanol–water partition coefficient (Wildman–Crippen LogP) is 3.79. The first-order valence-electron chi connectivity index (χ1n) is 5.96. The number of hydrogen-bond donors (Lipinski definition) is 1. The van der Waals surface area contributed by atoms with Gasteiger partial charge in [-0.1, -0.05) is 36.4 Å². The molecule has 0 radical (unpaired) electrons. The number of para-hydroxylation sites is 1. The Hall–Kier alpha value is -2.35. The van der Waals surface area contributed by atoms with Crippen LogP contribution in [0.1, 0.15) is 5.56 Å². The van der Waals surface area contributed by atoms with Gasteiger partial charge >= 0.3 is 0 Å². The summed E-state index contributed by atoms with van der Waals surface area (Å²) < 4.78 is 0. The molecule has 1 heterocycles. The average molecular weight is 234 g/mol. The molecule has 2 N–H and O–H groups in total. The summed E-state index contributed by atoms with van der Waals surface area (Å²) in [6, 6.07) is 16.3. The van der Waals surface area contributed by atoms with Crippen LogP contribution in [-0.2, 0) is 0 Å². The number of fused-ring (bicyclic) bond motifs is 1. The lowest BCUT2D eigenvalue weighted by Gasteiger charge is -2.10. The molecule has 0 aliphatic rings. The Balaban J connectivity index is 2.35. The number of benzene rings is 2. The van der Waals surface area contributed by atoms with Crippen LogP contribution in [0.3, 0.4) is 0 Å². The van der Waals surface area contributed by atoms with E-state index in [-0.39, 0.29) is 0 Å². The third kappa shape index (κ3) is 1.63. The van der Waals surface area contributed by atoms with Gasteiger partial charge in [0, 0.05) is 22.8 Å². The van der Waals surface area contributed by atoms with Crippen molar-refractivity contribution in [1.82, 2.24) is 4.98 Å². The number of nitrogens with zero attached hydrogens (tertiary/aromatic N) is 1. The second kappa shape index (κ2) is 4.15. The minimum atomic E-state index is 0.820. The second-order valence-electron chi connectivity index (χ2n) is 4.40. The number of nitrogen functional groups attached to an aromatic ring is 1. The van der Waals surface area contributed by atoms with Crippen LogP contribution in [0.5, 0.6) is 0 Å². The highest BCUT2D eigenvalue weighted by Crippen LogP contribution is 2.31. The van der Waals surface area contributed by atoms with E-state index in [1.54, 1.807) is 0 Å². The Morgan fingerprint density at radius 3 is 2.50 bits per heavy atom. The van der Waals surface area contributed by atoms with Crippen molar-refractivity contribution in [2.24, 2.45) is 0 Å². The van der Waals surface area contributed by atoms with Gasteiger partial charge in [-0.05, 0) is 30.2 Å². The van der Waals surface area contributed by atoms with Crippen LogP contribution >= 0.6 is 0 Å². The summed E-state index contributed by atoms with van der Waals surface area (Å²) in [4.78, 5) is 4.49. The summed E-state index contributed by atoms with van der Waals surface area (Å²) in [5.74, 6) is 0. The van der Waals surface area contributed by atoms with Crippen molar-refractivity contribution in [2.75, 3.05) is 5.73 Å². The third-order valence-corrected chi connectivity index (χ3v) is 3.30. The van der Waals surface area contributed by atoms with Crippen LogP contribution in [-0.4, -0.2) is 4.98 Å². The zero-order chi connectivity index (χ0) is 12.5. The van der Waals surface area contributed by atoms with Gasteiger partial charge in [0.25, 0.3) is 0 Å². The first-order valence-corrected chi connectivity index (χ1v) is 5.96. The smallest absolute Gasteiger partial charge is 0.0780 e. The van der Waals surface area contributed by atoms with E-state index in [4.69, 9.17) is 5.73 Å². The maximum Gasteiger partial charge on any atom is 0.0780 e. The van der Waals surface area contributed by atoms with E-state index < -0.39 is 0 Å². The molecule has 0 aliphatic heterocycles. The van der Waals surface area contributed by atoms with Gasteiger partial charge < -0.3 is 5.73 Å². The molecule has 3 rings (SSSR count). The van der Waals surface area contributed by atoms with Crippen molar-refractivity contribution < 1.29 is 0 Å². The Labute approximate surface area is 106 Å². The summed E-state index contributed by atoms with van der Waals surface area (Å²) in [5.41, 5.74) is 11.2. The van der Waals surface area contributed by atoms with Crippen LogP contribution in [0.2, 0.25) is 0 Å². The number of anilines is 1. The number of aromatic nitrogens is 1. The highest BCUT2D eigenvalue weighted by atomic mass is 14.6. The lowest BCUT2D eigenvalue weighted by atomic mass is 9.97. The molecule has 0 aliphatic carbocycles. The fourth-order valence-corrected chi connectivity index (χ4v) is 2.27. The Morgan fingerprint density at radius 1 is 0.889 bits per heavy atom. The van der Waals surface area contributed by atoms with E-state index in [9.17, 15) is 0 Å². The van der Waals surface area contributed by atoms with Crippen molar-refractivity contribution in [3.63, 3.8) is 0 Å². The Kier molecular flexibility index (Phi) is 2.49. The van der Waals surface area contributed by atoms with Crippen LogP contribution in [0, 0.1) is 6.92 Å². The molecule has 2 nitrogen and oxygen atoms in total. The van der Waals surface area contributed by atoms with Crippen molar-refractivity contribution >= 4 is 16.6 Å². The first kappa shape index (κ1) is 10.8. The van der Waals surface area contributed by atoms with Gasteiger partial charge in [-0.15, -0.1) is 0 Å². The molecule has 0 saturated carbocycles. The lowest BCUT2D eigenvalue weighted by Crippen LogP contribution is -1.93. The van der Waals surface area contributed by atoms with Gasteiger partial charge in [-0.2, -0.15) is 0 Å². The van der Waals surface area contributed by atoms with E-state index in [1.807, 2.05) is 31.3 Å². The quantitative estimate of drug-likeness (QED) is 0.650. The summed E-state index contributed by atoms with van der Waals surface area (Å²) in [6.45, 7) is 2.05. The monoisotopic (exact) mass is 234 g/mol. The van der Waals surface area contributed by atoms with Gasteiger partial charge in [0.2, 0.25) is 0 Å². The maximum atomic E-state index is 5.98. The summed E-state index contributed by atoms with van der Waals surface area (Å²) in [5, 5.41) is 1.15. The minimum absolute atomic E-state index is 0.820. The highest BCUT2D eigenvalue weighted by molar-refractivity contribution is 5.94. The van der Waals surface area contributed by atoms with Crippen molar-refractivity contribution in [3.8, 4) is 11.1 Å². The molecule has 18 heavy (non-hydrogen) atoms. The van der Waals surface area contributed by atoms with E-state index in [2.05, 4.69) is 35.3 Å². The standard InChI is InChI=1S/C16H14N2/c1-11-13(7-3-9-15(11)17)14-8-2-5-12-6-4-10-18-16(12)14/h2-10H,17H2,1H3. The maximum absolute atomic E-state index is 5.98. The topological polar surface area (TPSA) is 38.9 Å². The van der Waals surface area contributed by atoms with E-state index >= 15 is 0 Å². The van der Waals surface area contributed by atoms with Gasteiger partial charge in [-0.3, -0.25) is 4.98 Å². The van der Waals surface area contributed by atoms with Gasteiger partial charge in [-0.25, -0.2) is 0 Å². The SMILES string of the molecule is Cc1c(N)cccc1-c1cccc2cccnc12. The predicted molar refractivity (Wildman–Crippen MR) is 76.3 cm³/mol. The minimum Gasteiger partial charge on any atom is -0.398 e. The van der Waals surface area contributed by atoms with Gasteiger partial charge in [0.15, 0.2) is 0 Å². The number of rotatable bonds is 1. The largest absolute Gasteiger partial charge is 0.398 e. The van der Waals surface area contributed by atoms with E-state index in [1.165, 1.54) is 0 Å². The van der Waals surface area contributed by atoms with Gasteiger partial charge in [0.1, 0.15) is 0 Å². The van der Waals surface area contributed by atoms with Crippen molar-refractivity contribution in [1.29, 1.82) is 0 Å². The molecule has 88 valence electrons. The molecule has 0 bridgehead atoms. The third-order valence-electron chi connectivity index (χ3n) is 3.30. The Bertz CT molecular complexity index is 712. The number of nitrogens with two attached hydrogens (primary N) is 1. The van der Waals surface area contributed by atoms with Crippen LogP contribution in [0.25, 0.3) is 22.0 Å². The fraction of sp³-hybridized carbons (Fsp3) is 0.0625. The van der Waals surface area contributed by atoms with Gasteiger partial charge in [0.05, 0.1) is 5.52 Å². The first-order chi connectivity index (χ1) is 8.77. The van der Waals surface area contributed by atoms with Crippen LogP contribution in [0.15, 0.2) is 54.7 Å². The van der Waals surface area contributed by atoms with E-state index in [0.29, 0.717) is 0 Å². The molecule has 2 aromatic carbocycles. The average Bonchev–Trinajstić information content (AvgIpc) is 2.41. The molecular formula is C16H14N2. The highest BCUT2D eigenvalue weighted by Gasteiger charge is 2.08. The summed E-state index contributed by atoms with van der Waals surface area (Å²) >= 11 is 0. The summed E-state index contributed by atoms with van der Waals surface area (Å²) in [7, 11) is 0. The molecule has 1 aromatic heterocycles. The summed E-state index contributed by atoms with van der Waals surface area (Å²) in [6.07, 6.45) is 1.83. The second-order valence-corrected chi connectivity index (χ2v) is 4.40. The zero-order valence-corrected chi connectivity index (χ0v) is 10.2. The lowest BCUT2D eigenvalue weighted by molar-refractivity contribution is 1.40. The molecule has 0 atom stereocenters. The molecular weight excluding hydrogens is 220 g/mol. The number of hydrogen-bond acceptors (Lipinski definition) is 2. The molecule has 0 saturated heterocycles. The zero-order valence-electron chi connectivity index (χ0n) is 10.2. The van der Waals surface area contributed by atoms with Crippen molar-refractivity contribution in [3.05, 3.63) is 60.3 Å². The molecule has 3 aromatic rings. The number of pyridine rings is 1. The van der Waals surface area contributed by atoms with Crippen LogP contribution < -0.4 is 5.73 Å². The fourth-order valence-electron chi connectivity index (χ4n) is 2.27.